The maximum atomic E-state index is 12.9. The first-order chi connectivity index (χ1) is 12.0. The van der Waals surface area contributed by atoms with Crippen molar-refractivity contribution in [1.82, 2.24) is 4.72 Å². The highest BCUT2D eigenvalue weighted by Crippen LogP contribution is 2.42. The van der Waals surface area contributed by atoms with Crippen molar-refractivity contribution < 1.29 is 13.3 Å². The van der Waals surface area contributed by atoms with Gasteiger partial charge in [-0.15, -0.1) is 0 Å². The van der Waals surface area contributed by atoms with Gasteiger partial charge in [-0.25, -0.2) is 8.42 Å². The molecule has 25 heavy (non-hydrogen) atoms. The number of rotatable bonds is 4. The van der Waals surface area contributed by atoms with Crippen molar-refractivity contribution >= 4 is 20.8 Å². The van der Waals surface area contributed by atoms with Gasteiger partial charge in [0.05, 0.1) is 19.0 Å². The summed E-state index contributed by atoms with van der Waals surface area (Å²) in [6.07, 6.45) is 0. The van der Waals surface area contributed by atoms with E-state index in [1.54, 1.807) is 24.3 Å². The zero-order chi connectivity index (χ0) is 17.6. The van der Waals surface area contributed by atoms with E-state index in [1.165, 1.54) is 15.8 Å². The number of benzene rings is 3. The molecule has 0 fully saturated rings. The quantitative estimate of drug-likeness (QED) is 0.754. The normalized spacial score (nSPS) is 19.6. The molecule has 4 nitrogen and oxygen atoms in total. The predicted molar refractivity (Wildman–Crippen MR) is 99.0 cm³/mol. The van der Waals surface area contributed by atoms with Crippen molar-refractivity contribution in [2.24, 2.45) is 0 Å². The van der Waals surface area contributed by atoms with Crippen LogP contribution in [0.15, 0.2) is 71.6 Å². The van der Waals surface area contributed by atoms with Crippen LogP contribution in [0.3, 0.4) is 0 Å². The molecule has 0 bridgehead atoms. The Kier molecular flexibility index (Phi) is 3.87. The fourth-order valence-corrected chi connectivity index (χ4v) is 5.14. The van der Waals surface area contributed by atoms with Crippen molar-refractivity contribution in [3.63, 3.8) is 0 Å². The monoisotopic (exact) mass is 353 g/mol. The Bertz CT molecular complexity index is 1020. The molecule has 3 aromatic rings. The van der Waals surface area contributed by atoms with E-state index < -0.39 is 10.0 Å². The van der Waals surface area contributed by atoms with Crippen molar-refractivity contribution in [2.75, 3.05) is 14.1 Å². The van der Waals surface area contributed by atoms with Crippen LogP contribution in [0.25, 0.3) is 10.8 Å². The minimum Gasteiger partial charge on any atom is -0.332 e. The van der Waals surface area contributed by atoms with Gasteiger partial charge in [-0.3, -0.25) is 0 Å². The Morgan fingerprint density at radius 3 is 2.12 bits per heavy atom. The van der Waals surface area contributed by atoms with Crippen molar-refractivity contribution in [3.05, 3.63) is 77.9 Å². The summed E-state index contributed by atoms with van der Waals surface area (Å²) >= 11 is 0. The van der Waals surface area contributed by atoms with Crippen LogP contribution in [-0.2, 0) is 10.0 Å². The molecule has 0 saturated carbocycles. The van der Waals surface area contributed by atoms with Gasteiger partial charge in [-0.05, 0) is 28.5 Å². The number of nitrogens with one attached hydrogen (secondary N) is 2. The molecule has 2 atom stereocenters. The Balaban J connectivity index is 1.84. The highest BCUT2D eigenvalue weighted by Gasteiger charge is 2.41. The summed E-state index contributed by atoms with van der Waals surface area (Å²) in [5.74, 6) is 0. The molecule has 0 heterocycles. The molecule has 1 aliphatic rings. The smallest absolute Gasteiger partial charge is 0.241 e. The van der Waals surface area contributed by atoms with Crippen molar-refractivity contribution in [3.8, 4) is 0 Å². The summed E-state index contributed by atoms with van der Waals surface area (Å²) in [7, 11) is 0.549. The average Bonchev–Trinajstić information content (AvgIpc) is 2.91. The molecule has 0 spiro atoms. The maximum absolute atomic E-state index is 12.9. The van der Waals surface area contributed by atoms with E-state index in [9.17, 15) is 8.42 Å². The minimum atomic E-state index is -3.59. The lowest BCUT2D eigenvalue weighted by atomic mass is 10.0. The van der Waals surface area contributed by atoms with Crippen LogP contribution in [0.1, 0.15) is 23.2 Å². The first-order valence-corrected chi connectivity index (χ1v) is 9.86. The zero-order valence-electron chi connectivity index (χ0n) is 14.2. The first kappa shape index (κ1) is 16.3. The van der Waals surface area contributed by atoms with Crippen LogP contribution in [0.2, 0.25) is 0 Å². The molecular weight excluding hydrogens is 332 g/mol. The zero-order valence-corrected chi connectivity index (χ0v) is 15.0. The van der Waals surface area contributed by atoms with Gasteiger partial charge in [-0.1, -0.05) is 54.6 Å². The molecule has 0 amide bonds. The highest BCUT2D eigenvalue weighted by molar-refractivity contribution is 7.89. The second-order valence-electron chi connectivity index (χ2n) is 6.76. The first-order valence-electron chi connectivity index (χ1n) is 8.38. The fraction of sp³-hybridized carbons (Fsp3) is 0.200. The topological polar surface area (TPSA) is 50.6 Å². The third kappa shape index (κ3) is 2.65. The van der Waals surface area contributed by atoms with E-state index in [-0.39, 0.29) is 12.1 Å². The lowest BCUT2D eigenvalue weighted by Crippen LogP contribution is -3.06. The van der Waals surface area contributed by atoms with Gasteiger partial charge in [0, 0.05) is 5.56 Å². The molecule has 0 aliphatic heterocycles. The van der Waals surface area contributed by atoms with E-state index in [4.69, 9.17) is 0 Å². The predicted octanol–water partition coefficient (Wildman–Crippen LogP) is 2.06. The van der Waals surface area contributed by atoms with Gasteiger partial charge in [-0.2, -0.15) is 4.72 Å². The number of quaternary nitrogens is 1. The van der Waals surface area contributed by atoms with Crippen LogP contribution in [-0.4, -0.2) is 22.5 Å². The number of sulfonamides is 1. The van der Waals surface area contributed by atoms with Gasteiger partial charge < -0.3 is 4.90 Å². The largest absolute Gasteiger partial charge is 0.332 e. The highest BCUT2D eigenvalue weighted by atomic mass is 32.2. The van der Waals surface area contributed by atoms with E-state index in [1.807, 2.05) is 24.3 Å². The summed E-state index contributed by atoms with van der Waals surface area (Å²) in [6.45, 7) is 0. The van der Waals surface area contributed by atoms with Crippen molar-refractivity contribution in [2.45, 2.75) is 17.0 Å². The molecule has 1 aliphatic carbocycles. The van der Waals surface area contributed by atoms with Gasteiger partial charge in [0.2, 0.25) is 10.0 Å². The Labute approximate surface area is 148 Å². The molecular formula is C20H21N2O2S+. The Hall–Kier alpha value is -2.21. The van der Waals surface area contributed by atoms with E-state index in [2.05, 4.69) is 37.0 Å². The third-order valence-corrected chi connectivity index (χ3v) is 6.39. The summed E-state index contributed by atoms with van der Waals surface area (Å²) in [5.41, 5.74) is 2.26. The lowest BCUT2D eigenvalue weighted by Gasteiger charge is -2.25. The third-order valence-electron chi connectivity index (χ3n) is 4.93. The van der Waals surface area contributed by atoms with Crippen molar-refractivity contribution in [1.29, 1.82) is 0 Å². The molecule has 4 rings (SSSR count). The van der Waals surface area contributed by atoms with Gasteiger partial charge >= 0.3 is 0 Å². The maximum Gasteiger partial charge on any atom is 0.241 e. The molecule has 0 unspecified atom stereocenters. The van der Waals surface area contributed by atoms with Gasteiger partial charge in [0.25, 0.3) is 0 Å². The standard InChI is InChI=1S/C20H20N2O2S/c1-22(2)20-17-13-7-9-14-8-6-12-16(18(14)17)19(20)21-25(23,24)15-10-4-3-5-11-15/h3-13,19-21H,1-2H3/p+1/t19-,20+/m0/s1. The SMILES string of the molecule is C[NH+](C)[C@@H]1c2cccc3cccc(c23)[C@@H]1NS(=O)(=O)c1ccccc1. The van der Waals surface area contributed by atoms with Gasteiger partial charge in [0.15, 0.2) is 0 Å². The van der Waals surface area contributed by atoms with Crippen LogP contribution < -0.4 is 9.62 Å². The second kappa shape index (κ2) is 5.95. The lowest BCUT2D eigenvalue weighted by molar-refractivity contribution is -0.894. The fourth-order valence-electron chi connectivity index (χ4n) is 3.89. The molecule has 0 radical (unpaired) electrons. The van der Waals surface area contributed by atoms with Crippen LogP contribution in [0, 0.1) is 0 Å². The summed E-state index contributed by atoms with van der Waals surface area (Å²) < 4.78 is 28.8. The number of hydrogen-bond acceptors (Lipinski definition) is 2. The minimum absolute atomic E-state index is 0.0413. The molecule has 0 saturated heterocycles. The second-order valence-corrected chi connectivity index (χ2v) is 8.47. The van der Waals surface area contributed by atoms with E-state index in [0.29, 0.717) is 4.90 Å². The Morgan fingerprint density at radius 2 is 1.48 bits per heavy atom. The van der Waals surface area contributed by atoms with Crippen LogP contribution in [0.4, 0.5) is 0 Å². The molecule has 0 aromatic heterocycles. The summed E-state index contributed by atoms with van der Waals surface area (Å²) in [4.78, 5) is 1.50. The summed E-state index contributed by atoms with van der Waals surface area (Å²) in [5, 5.41) is 2.33. The molecule has 128 valence electrons. The van der Waals surface area contributed by atoms with Gasteiger partial charge in [0.1, 0.15) is 12.1 Å². The van der Waals surface area contributed by atoms with E-state index >= 15 is 0 Å². The van der Waals surface area contributed by atoms with Crippen LogP contribution in [0.5, 0.6) is 0 Å². The number of hydrogen-bond donors (Lipinski definition) is 2. The summed E-state index contributed by atoms with van der Waals surface area (Å²) in [6, 6.07) is 20.7. The molecule has 5 heteroatoms. The molecule has 3 aromatic carbocycles. The van der Waals surface area contributed by atoms with Crippen LogP contribution >= 0.6 is 0 Å². The Morgan fingerprint density at radius 1 is 0.840 bits per heavy atom. The molecule has 2 N–H and O–H groups in total. The average molecular weight is 353 g/mol. The number of likely N-dealkylation sites (N-methyl/N-ethyl adjacent to an activating group) is 1. The van der Waals surface area contributed by atoms with E-state index in [0.717, 1.165) is 10.9 Å².